The number of amides is 1. The molecule has 0 aromatic carbocycles. The molecule has 1 unspecified atom stereocenters. The number of rotatable bonds is 13. The first kappa shape index (κ1) is 27.8. The third kappa shape index (κ3) is 9.77. The number of hydrogen-bond acceptors (Lipinski definition) is 6. The van der Waals surface area contributed by atoms with Gasteiger partial charge in [0.1, 0.15) is 0 Å². The Morgan fingerprint density at radius 2 is 1.85 bits per heavy atom. The summed E-state index contributed by atoms with van der Waals surface area (Å²) in [5, 5.41) is 6.40. The van der Waals surface area contributed by atoms with Crippen LogP contribution in [0.5, 0.6) is 0 Å². The summed E-state index contributed by atoms with van der Waals surface area (Å²) < 4.78 is 23.0. The van der Waals surface area contributed by atoms with Crippen LogP contribution in [-0.2, 0) is 23.7 Å². The highest BCUT2D eigenvalue weighted by Gasteiger charge is 2.30. The monoisotopic (exact) mass is 466 g/mol. The van der Waals surface area contributed by atoms with Gasteiger partial charge in [0.2, 0.25) is 5.91 Å². The van der Waals surface area contributed by atoms with Crippen LogP contribution in [0.2, 0.25) is 0 Å². The summed E-state index contributed by atoms with van der Waals surface area (Å²) in [6.45, 7) is 18.4. The fourth-order valence-electron chi connectivity index (χ4n) is 3.61. The second-order valence-corrected chi connectivity index (χ2v) is 10.4. The lowest BCUT2D eigenvalue weighted by molar-refractivity contribution is -0.173. The minimum atomic E-state index is -0.731. The molecule has 33 heavy (non-hydrogen) atoms. The van der Waals surface area contributed by atoms with E-state index in [0.717, 1.165) is 70.5 Å². The average Bonchev–Trinajstić information content (AvgIpc) is 2.81. The van der Waals surface area contributed by atoms with Crippen LogP contribution in [0.3, 0.4) is 0 Å². The van der Waals surface area contributed by atoms with E-state index < -0.39 is 5.54 Å². The molecule has 2 fully saturated rings. The van der Waals surface area contributed by atoms with Crippen LogP contribution < -0.4 is 10.6 Å². The molecule has 2 aliphatic heterocycles. The van der Waals surface area contributed by atoms with Crippen LogP contribution in [0.15, 0.2) is 24.1 Å². The lowest BCUT2D eigenvalue weighted by Gasteiger charge is -2.31. The molecule has 2 heterocycles. The number of hydrogen-bond donors (Lipinski definition) is 2. The van der Waals surface area contributed by atoms with E-state index in [0.29, 0.717) is 25.0 Å². The van der Waals surface area contributed by atoms with Crippen molar-refractivity contribution in [1.29, 1.82) is 0 Å². The number of ether oxygens (including phenoxy) is 4. The quantitative estimate of drug-likeness (QED) is 0.311. The molecule has 2 N–H and O–H groups in total. The largest absolute Gasteiger partial charge is 0.479 e. The van der Waals surface area contributed by atoms with E-state index >= 15 is 0 Å². The summed E-state index contributed by atoms with van der Waals surface area (Å²) >= 11 is 0. The Morgan fingerprint density at radius 3 is 2.48 bits per heavy atom. The number of carbonyl (C=O) groups is 1. The summed E-state index contributed by atoms with van der Waals surface area (Å²) in [7, 11) is 0. The van der Waals surface area contributed by atoms with Crippen LogP contribution in [0.1, 0.15) is 73.1 Å². The summed E-state index contributed by atoms with van der Waals surface area (Å²) in [6, 6.07) is 0. The van der Waals surface area contributed by atoms with Crippen molar-refractivity contribution in [2.75, 3.05) is 39.6 Å². The predicted molar refractivity (Wildman–Crippen MR) is 131 cm³/mol. The van der Waals surface area contributed by atoms with Gasteiger partial charge in [-0.05, 0) is 70.4 Å². The molecule has 1 atom stereocenters. The molecule has 0 spiro atoms. The molecule has 0 radical (unpaired) electrons. The smallest absolute Gasteiger partial charge is 0.246 e. The Balaban J connectivity index is 1.95. The topological polar surface area (TPSA) is 78.1 Å². The molecular weight excluding hydrogens is 420 g/mol. The highest BCUT2D eigenvalue weighted by molar-refractivity contribution is 5.86. The fourth-order valence-corrected chi connectivity index (χ4v) is 3.61. The number of carbonyl (C=O) groups excluding carboxylic acids is 1. The lowest BCUT2D eigenvalue weighted by atomic mass is 9.86. The maximum absolute atomic E-state index is 13.1. The maximum atomic E-state index is 13.1. The Bertz CT molecular complexity index is 647. The molecule has 0 aromatic rings. The number of nitrogens with one attached hydrogen (secondary N) is 2. The highest BCUT2D eigenvalue weighted by atomic mass is 16.7. The van der Waals surface area contributed by atoms with Gasteiger partial charge >= 0.3 is 0 Å². The molecule has 7 nitrogen and oxygen atoms in total. The zero-order chi connectivity index (χ0) is 24.3. The first-order chi connectivity index (χ1) is 15.6. The van der Waals surface area contributed by atoms with E-state index in [1.54, 1.807) is 0 Å². The molecular formula is C26H46N2O5. The van der Waals surface area contributed by atoms with Gasteiger partial charge in [-0.2, -0.15) is 0 Å². The van der Waals surface area contributed by atoms with Gasteiger partial charge < -0.3 is 24.3 Å². The minimum Gasteiger partial charge on any atom is -0.479 e. The van der Waals surface area contributed by atoms with Gasteiger partial charge in [-0.15, -0.1) is 0 Å². The summed E-state index contributed by atoms with van der Waals surface area (Å²) in [6.07, 6.45) is 7.73. The second kappa shape index (κ2) is 13.5. The average molecular weight is 467 g/mol. The van der Waals surface area contributed by atoms with Crippen LogP contribution in [0, 0.1) is 11.3 Å². The van der Waals surface area contributed by atoms with Crippen molar-refractivity contribution in [1.82, 2.24) is 10.6 Å². The Hall–Kier alpha value is -1.41. The molecule has 2 saturated heterocycles. The standard InChI is InChI=1S/C26H46N2O5/c1-7-13-31-22(17-20(2)25(3,4)19-33-23-10-8-9-14-32-23)28-24(29)26(5,6)27-18-21-11-15-30-16-12-21/h17,21,23,27H,2,7-16,18-19H2,1,3-6H3,(H,28,29)/b22-17-. The molecule has 2 aliphatic rings. The third-order valence-corrected chi connectivity index (χ3v) is 6.38. The number of allylic oxidation sites excluding steroid dienone is 1. The highest BCUT2D eigenvalue weighted by Crippen LogP contribution is 2.29. The molecule has 2 rings (SSSR count). The zero-order valence-corrected chi connectivity index (χ0v) is 21.5. The normalized spacial score (nSPS) is 21.0. The maximum Gasteiger partial charge on any atom is 0.246 e. The molecule has 0 bridgehead atoms. The van der Waals surface area contributed by atoms with Crippen LogP contribution in [0.25, 0.3) is 0 Å². The van der Waals surface area contributed by atoms with Crippen molar-refractivity contribution < 1.29 is 23.7 Å². The Kier molecular flexibility index (Phi) is 11.4. The van der Waals surface area contributed by atoms with Gasteiger partial charge in [-0.25, -0.2) is 0 Å². The van der Waals surface area contributed by atoms with Crippen LogP contribution in [-0.4, -0.2) is 57.3 Å². The summed E-state index contributed by atoms with van der Waals surface area (Å²) in [4.78, 5) is 13.1. The molecule has 1 amide bonds. The van der Waals surface area contributed by atoms with Gasteiger partial charge in [0.05, 0.1) is 18.8 Å². The molecule has 7 heteroatoms. The molecule has 0 aliphatic carbocycles. The van der Waals surface area contributed by atoms with Gasteiger partial charge in [0, 0.05) is 31.3 Å². The lowest BCUT2D eigenvalue weighted by Crippen LogP contribution is -2.54. The van der Waals surface area contributed by atoms with Crippen molar-refractivity contribution in [3.05, 3.63) is 24.1 Å². The van der Waals surface area contributed by atoms with Crippen LogP contribution in [0.4, 0.5) is 0 Å². The van der Waals surface area contributed by atoms with Crippen molar-refractivity contribution in [3.63, 3.8) is 0 Å². The second-order valence-electron chi connectivity index (χ2n) is 10.4. The third-order valence-electron chi connectivity index (χ3n) is 6.38. The SMILES string of the molecule is C=C(/C=C(/NC(=O)C(C)(C)NCC1CCOCC1)OCCC)C(C)(C)COC1CCCCO1. The van der Waals surface area contributed by atoms with E-state index in [4.69, 9.17) is 18.9 Å². The zero-order valence-electron chi connectivity index (χ0n) is 21.5. The summed E-state index contributed by atoms with van der Waals surface area (Å²) in [5.74, 6) is 0.829. The van der Waals surface area contributed by atoms with E-state index in [1.807, 2.05) is 26.8 Å². The first-order valence-electron chi connectivity index (χ1n) is 12.6. The fraction of sp³-hybridized carbons (Fsp3) is 0.808. The molecule has 0 aromatic heterocycles. The Labute approximate surface area is 200 Å². The summed E-state index contributed by atoms with van der Waals surface area (Å²) in [5.41, 5.74) is -0.230. The molecule has 190 valence electrons. The van der Waals surface area contributed by atoms with Gasteiger partial charge in [-0.3, -0.25) is 10.1 Å². The van der Waals surface area contributed by atoms with Crippen LogP contribution >= 0.6 is 0 Å². The molecule has 0 saturated carbocycles. The minimum absolute atomic E-state index is 0.130. The van der Waals surface area contributed by atoms with Gasteiger partial charge in [0.25, 0.3) is 0 Å². The van der Waals surface area contributed by atoms with Crippen molar-refractivity contribution in [2.45, 2.75) is 85.0 Å². The van der Waals surface area contributed by atoms with Crippen molar-refractivity contribution >= 4 is 5.91 Å². The first-order valence-corrected chi connectivity index (χ1v) is 12.6. The van der Waals surface area contributed by atoms with E-state index in [9.17, 15) is 4.79 Å². The van der Waals surface area contributed by atoms with Gasteiger partial charge in [0.15, 0.2) is 12.2 Å². The van der Waals surface area contributed by atoms with Crippen molar-refractivity contribution in [2.24, 2.45) is 11.3 Å². The van der Waals surface area contributed by atoms with Gasteiger partial charge in [-0.1, -0.05) is 27.4 Å². The Morgan fingerprint density at radius 1 is 1.12 bits per heavy atom. The van der Waals surface area contributed by atoms with E-state index in [2.05, 4.69) is 31.1 Å². The predicted octanol–water partition coefficient (Wildman–Crippen LogP) is 4.29. The van der Waals surface area contributed by atoms with Crippen molar-refractivity contribution in [3.8, 4) is 0 Å². The van der Waals surface area contributed by atoms with E-state index in [-0.39, 0.29) is 17.6 Å². The van der Waals surface area contributed by atoms with E-state index in [1.165, 1.54) is 0 Å².